The van der Waals surface area contributed by atoms with Crippen molar-refractivity contribution in [1.82, 2.24) is 25.1 Å². The van der Waals surface area contributed by atoms with Gasteiger partial charge in [-0.3, -0.25) is 4.90 Å². The summed E-state index contributed by atoms with van der Waals surface area (Å²) in [6.07, 6.45) is -12.4. The summed E-state index contributed by atoms with van der Waals surface area (Å²) >= 11 is 0. The summed E-state index contributed by atoms with van der Waals surface area (Å²) in [5.41, 5.74) is -3.53. The number of nitrogens with zero attached hydrogens (tertiary/aromatic N) is 6. The topological polar surface area (TPSA) is 50.1 Å². The van der Waals surface area contributed by atoms with Gasteiger partial charge in [-0.2, -0.15) is 44.3 Å². The van der Waals surface area contributed by atoms with E-state index in [-0.39, 0.29) is 47.7 Å². The molecule has 1 fully saturated rings. The van der Waals surface area contributed by atoms with Crippen LogP contribution < -0.4 is 4.90 Å². The van der Waals surface area contributed by atoms with Crippen LogP contribution in [0.5, 0.6) is 0 Å². The van der Waals surface area contributed by atoms with E-state index in [0.717, 1.165) is 36.3 Å². The van der Waals surface area contributed by atoms with Gasteiger partial charge in [0.2, 0.25) is 0 Å². The minimum Gasteiger partial charge on any atom is -0.330 e. The highest BCUT2D eigenvalue weighted by atomic mass is 19.4. The minimum atomic E-state index is -5.07. The molecule has 15 heteroatoms. The maximum atomic E-state index is 13.9. The molecule has 6 nitrogen and oxygen atoms in total. The predicted molar refractivity (Wildman–Crippen MR) is 144 cm³/mol. The highest BCUT2D eigenvalue weighted by Crippen LogP contribution is 2.40. The summed E-state index contributed by atoms with van der Waals surface area (Å²) in [7, 11) is 1.41. The van der Waals surface area contributed by atoms with Crippen molar-refractivity contribution in [2.75, 3.05) is 11.4 Å². The Morgan fingerprint density at radius 3 is 1.98 bits per heavy atom. The van der Waals surface area contributed by atoms with Gasteiger partial charge in [0.05, 0.1) is 23.7 Å². The lowest BCUT2D eigenvalue weighted by atomic mass is 9.92. The number of halogens is 9. The molecule has 1 aliphatic rings. The van der Waals surface area contributed by atoms with E-state index in [1.807, 2.05) is 6.92 Å². The Morgan fingerprint density at radius 1 is 0.864 bits per heavy atom. The molecule has 0 bridgehead atoms. The first-order chi connectivity index (χ1) is 20.4. The third-order valence-corrected chi connectivity index (χ3v) is 7.89. The predicted octanol–water partition coefficient (Wildman–Crippen LogP) is 8.04. The molecule has 1 aromatic heterocycles. The molecule has 0 radical (unpaired) electrons. The molecule has 2 heterocycles. The average molecular weight is 637 g/mol. The Hall–Kier alpha value is -3.36. The lowest BCUT2D eigenvalue weighted by molar-refractivity contribution is -0.143. The molecule has 2 atom stereocenters. The molecule has 0 saturated carbocycles. The fraction of sp³-hybridized carbons (Fsp3) is 0.552. The molecule has 0 amide bonds. The summed E-state index contributed by atoms with van der Waals surface area (Å²) < 4.78 is 123. The maximum Gasteiger partial charge on any atom is 0.416 e. The third-order valence-electron chi connectivity index (χ3n) is 7.89. The monoisotopic (exact) mass is 636 g/mol. The number of benzene rings is 2. The van der Waals surface area contributed by atoms with E-state index in [2.05, 4.69) is 34.2 Å². The Kier molecular flexibility index (Phi) is 9.57. The van der Waals surface area contributed by atoms with Gasteiger partial charge < -0.3 is 4.90 Å². The molecule has 44 heavy (non-hydrogen) atoms. The molecule has 2 aromatic carbocycles. The normalized spacial score (nSPS) is 17.5. The molecule has 2 unspecified atom stereocenters. The van der Waals surface area contributed by atoms with Crippen molar-refractivity contribution in [3.63, 3.8) is 0 Å². The minimum absolute atomic E-state index is 0.0202. The smallest absolute Gasteiger partial charge is 0.330 e. The molecule has 0 aliphatic carbocycles. The van der Waals surface area contributed by atoms with Crippen molar-refractivity contribution in [3.05, 3.63) is 69.8 Å². The largest absolute Gasteiger partial charge is 0.416 e. The zero-order valence-corrected chi connectivity index (χ0v) is 24.5. The van der Waals surface area contributed by atoms with E-state index in [1.54, 1.807) is 0 Å². The van der Waals surface area contributed by atoms with Crippen LogP contribution in [0, 0.1) is 5.92 Å². The van der Waals surface area contributed by atoms with Crippen LogP contribution in [0.2, 0.25) is 0 Å². The van der Waals surface area contributed by atoms with Gasteiger partial charge in [0.15, 0.2) is 0 Å². The van der Waals surface area contributed by atoms with Gasteiger partial charge in [0, 0.05) is 25.2 Å². The Bertz CT molecular complexity index is 1400. The van der Waals surface area contributed by atoms with Gasteiger partial charge in [-0.25, -0.2) is 0 Å². The second-order valence-corrected chi connectivity index (χ2v) is 11.4. The van der Waals surface area contributed by atoms with E-state index in [1.165, 1.54) is 18.0 Å². The number of hydrogen-bond donors (Lipinski definition) is 0. The molecule has 0 N–H and O–H groups in total. The van der Waals surface area contributed by atoms with Gasteiger partial charge >= 0.3 is 18.5 Å². The van der Waals surface area contributed by atoms with Gasteiger partial charge in [-0.15, -0.1) is 5.10 Å². The van der Waals surface area contributed by atoms with E-state index in [4.69, 9.17) is 0 Å². The number of likely N-dealkylation sites (tertiary alicyclic amines) is 1. The number of hydrogen-bond acceptors (Lipinski definition) is 5. The number of aromatic nitrogens is 4. The standard InChI is InChI=1S/C29H33F9N6/c1-5-24(44-10-6-7-25(44)17(2)3)23-9-8-20(27(30,31)32)13-19(23)16-43(26-39-41-42(4)40-26)15-18-11-21(28(33,34)35)14-22(12-18)29(36,37)38/h8-9,11-14,17,24-25H,5-7,10,15-16H2,1-4H3. The van der Waals surface area contributed by atoms with Gasteiger partial charge in [0.1, 0.15) is 0 Å². The van der Waals surface area contributed by atoms with Crippen molar-refractivity contribution >= 4 is 5.95 Å². The zero-order chi connectivity index (χ0) is 32.6. The number of rotatable bonds is 9. The Morgan fingerprint density at radius 2 is 1.48 bits per heavy atom. The molecule has 4 rings (SSSR count). The number of alkyl halides is 9. The molecular weight excluding hydrogens is 603 g/mol. The van der Waals surface area contributed by atoms with Crippen molar-refractivity contribution in [1.29, 1.82) is 0 Å². The van der Waals surface area contributed by atoms with Crippen LogP contribution >= 0.6 is 0 Å². The molecule has 1 aliphatic heterocycles. The molecular formula is C29H33F9N6. The maximum absolute atomic E-state index is 13.9. The van der Waals surface area contributed by atoms with Crippen LogP contribution in [0.4, 0.5) is 45.5 Å². The first-order valence-electron chi connectivity index (χ1n) is 14.1. The fourth-order valence-corrected chi connectivity index (χ4v) is 5.93. The lowest BCUT2D eigenvalue weighted by Gasteiger charge is -2.36. The Balaban J connectivity index is 1.83. The van der Waals surface area contributed by atoms with Crippen LogP contribution in [0.3, 0.4) is 0 Å². The number of aryl methyl sites for hydroxylation is 1. The summed E-state index contributed by atoms with van der Waals surface area (Å²) in [4.78, 5) is 4.54. The van der Waals surface area contributed by atoms with Gasteiger partial charge in [-0.05, 0) is 84.0 Å². The van der Waals surface area contributed by atoms with Gasteiger partial charge in [-0.1, -0.05) is 31.9 Å². The van der Waals surface area contributed by atoms with Crippen LogP contribution in [0.25, 0.3) is 0 Å². The molecule has 3 aromatic rings. The van der Waals surface area contributed by atoms with E-state index in [0.29, 0.717) is 24.1 Å². The highest BCUT2D eigenvalue weighted by Gasteiger charge is 2.38. The highest BCUT2D eigenvalue weighted by molar-refractivity contribution is 5.42. The van der Waals surface area contributed by atoms with Crippen molar-refractivity contribution < 1.29 is 39.5 Å². The second kappa shape index (κ2) is 12.6. The van der Waals surface area contributed by atoms with E-state index in [9.17, 15) is 39.5 Å². The van der Waals surface area contributed by atoms with Crippen LogP contribution in [0.1, 0.15) is 79.5 Å². The van der Waals surface area contributed by atoms with Crippen LogP contribution in [-0.2, 0) is 38.7 Å². The molecule has 1 saturated heterocycles. The summed E-state index contributed by atoms with van der Waals surface area (Å²) in [6.45, 7) is 5.92. The summed E-state index contributed by atoms with van der Waals surface area (Å²) in [6, 6.07) is 4.49. The molecule has 242 valence electrons. The third kappa shape index (κ3) is 7.64. The summed E-state index contributed by atoms with van der Waals surface area (Å²) in [5.74, 6) is 0.115. The average Bonchev–Trinajstić information content (AvgIpc) is 3.57. The number of anilines is 1. The Labute approximate surface area is 248 Å². The first-order valence-corrected chi connectivity index (χ1v) is 14.1. The quantitative estimate of drug-likeness (QED) is 0.223. The van der Waals surface area contributed by atoms with Gasteiger partial charge in [0.25, 0.3) is 5.95 Å². The van der Waals surface area contributed by atoms with Crippen molar-refractivity contribution in [2.45, 2.75) is 83.7 Å². The number of tetrazole rings is 1. The zero-order valence-electron chi connectivity index (χ0n) is 24.5. The molecule has 0 spiro atoms. The van der Waals surface area contributed by atoms with Crippen LogP contribution in [0.15, 0.2) is 36.4 Å². The second-order valence-electron chi connectivity index (χ2n) is 11.4. The van der Waals surface area contributed by atoms with Crippen molar-refractivity contribution in [2.24, 2.45) is 13.0 Å². The fourth-order valence-electron chi connectivity index (χ4n) is 5.93. The van der Waals surface area contributed by atoms with E-state index >= 15 is 0 Å². The first kappa shape index (κ1) is 33.5. The van der Waals surface area contributed by atoms with Crippen molar-refractivity contribution in [3.8, 4) is 0 Å². The lowest BCUT2D eigenvalue weighted by Crippen LogP contribution is -2.37. The summed E-state index contributed by atoms with van der Waals surface area (Å²) in [5, 5.41) is 11.7. The van der Waals surface area contributed by atoms with E-state index < -0.39 is 41.8 Å². The van der Waals surface area contributed by atoms with Crippen LogP contribution in [-0.4, -0.2) is 37.7 Å². The SMILES string of the molecule is CCC(c1ccc(C(F)(F)F)cc1CN(Cc1cc(C(F)(F)F)cc(C(F)(F)F)c1)c1nnn(C)n1)N1CCCC1C(C)C.